The van der Waals surface area contributed by atoms with E-state index < -0.39 is 5.60 Å². The minimum Gasteiger partial charge on any atom is -0.492 e. The number of hydrogen-bond donors (Lipinski definition) is 1. The molecule has 0 unspecified atom stereocenters. The summed E-state index contributed by atoms with van der Waals surface area (Å²) in [5, 5.41) is 3.02. The Kier molecular flexibility index (Phi) is 5.20. The van der Waals surface area contributed by atoms with Crippen LogP contribution >= 0.6 is 0 Å². The Morgan fingerprint density at radius 2 is 1.96 bits per heavy atom. The van der Waals surface area contributed by atoms with Crippen LogP contribution in [0.15, 0.2) is 30.3 Å². The molecule has 2 amide bonds. The number of carbonyl (C=O) groups is 2. The molecule has 3 aliphatic rings. The standard InChI is InChI=1S/C20H27N3O4/c24-18(21-16-6-7-16)14-22-10-8-20(9-11-22)15-23(19(25)27-20)12-13-26-17-4-2-1-3-5-17/h1-5,16H,6-15H2,(H,21,24). The van der Waals surface area contributed by atoms with Crippen molar-refractivity contribution < 1.29 is 19.1 Å². The van der Waals surface area contributed by atoms with Gasteiger partial charge in [-0.2, -0.15) is 0 Å². The predicted octanol–water partition coefficient (Wildman–Crippen LogP) is 1.63. The van der Waals surface area contributed by atoms with Gasteiger partial charge in [-0.15, -0.1) is 0 Å². The Balaban J connectivity index is 1.21. The van der Waals surface area contributed by atoms with Gasteiger partial charge in [0.05, 0.1) is 19.6 Å². The second kappa shape index (κ2) is 7.76. The van der Waals surface area contributed by atoms with E-state index in [2.05, 4.69) is 10.2 Å². The smallest absolute Gasteiger partial charge is 0.410 e. The largest absolute Gasteiger partial charge is 0.492 e. The summed E-state index contributed by atoms with van der Waals surface area (Å²) in [6, 6.07) is 9.99. The topological polar surface area (TPSA) is 71.1 Å². The molecule has 2 aliphatic heterocycles. The van der Waals surface area contributed by atoms with E-state index in [1.165, 1.54) is 0 Å². The number of hydrogen-bond acceptors (Lipinski definition) is 5. The summed E-state index contributed by atoms with van der Waals surface area (Å²) in [5.74, 6) is 0.911. The zero-order valence-corrected chi connectivity index (χ0v) is 15.6. The first-order valence-electron chi connectivity index (χ1n) is 9.79. The van der Waals surface area contributed by atoms with Crippen LogP contribution in [0.1, 0.15) is 25.7 Å². The average Bonchev–Trinajstić information content (AvgIpc) is 3.42. The summed E-state index contributed by atoms with van der Waals surface area (Å²) in [4.78, 5) is 28.1. The zero-order valence-electron chi connectivity index (χ0n) is 15.6. The lowest BCUT2D eigenvalue weighted by molar-refractivity contribution is -0.123. The summed E-state index contributed by atoms with van der Waals surface area (Å²) in [7, 11) is 0. The van der Waals surface area contributed by atoms with Gasteiger partial charge in [0.15, 0.2) is 0 Å². The fourth-order valence-electron chi connectivity index (χ4n) is 3.74. The lowest BCUT2D eigenvalue weighted by Gasteiger charge is -2.37. The van der Waals surface area contributed by atoms with Crippen molar-refractivity contribution in [3.05, 3.63) is 30.3 Å². The molecular weight excluding hydrogens is 346 g/mol. The summed E-state index contributed by atoms with van der Waals surface area (Å²) in [6.07, 6.45) is 3.49. The van der Waals surface area contributed by atoms with Crippen LogP contribution in [-0.4, -0.2) is 72.8 Å². The van der Waals surface area contributed by atoms with Gasteiger partial charge in [-0.3, -0.25) is 9.69 Å². The first-order valence-corrected chi connectivity index (χ1v) is 9.79. The number of rotatable bonds is 7. The summed E-state index contributed by atoms with van der Waals surface area (Å²) in [5.41, 5.74) is -0.409. The zero-order chi connectivity index (χ0) is 18.7. The van der Waals surface area contributed by atoms with Crippen molar-refractivity contribution in [2.24, 2.45) is 0 Å². The number of amides is 2. The second-order valence-electron chi connectivity index (χ2n) is 7.75. The number of ether oxygens (including phenoxy) is 2. The monoisotopic (exact) mass is 373 g/mol. The number of carbonyl (C=O) groups excluding carboxylic acids is 2. The van der Waals surface area contributed by atoms with Crippen LogP contribution in [0, 0.1) is 0 Å². The third-order valence-electron chi connectivity index (χ3n) is 5.49. The van der Waals surface area contributed by atoms with E-state index in [9.17, 15) is 9.59 Å². The molecule has 0 atom stereocenters. The summed E-state index contributed by atoms with van der Waals surface area (Å²) in [6.45, 7) is 3.56. The van der Waals surface area contributed by atoms with Gasteiger partial charge in [0, 0.05) is 32.0 Å². The molecule has 0 aromatic heterocycles. The van der Waals surface area contributed by atoms with Gasteiger partial charge in [0.1, 0.15) is 18.0 Å². The van der Waals surface area contributed by atoms with E-state index >= 15 is 0 Å². The van der Waals surface area contributed by atoms with Crippen LogP contribution in [0.25, 0.3) is 0 Å². The molecule has 1 N–H and O–H groups in total. The van der Waals surface area contributed by atoms with E-state index in [4.69, 9.17) is 9.47 Å². The molecule has 1 aromatic carbocycles. The predicted molar refractivity (Wildman–Crippen MR) is 99.6 cm³/mol. The van der Waals surface area contributed by atoms with Gasteiger partial charge in [0.25, 0.3) is 0 Å². The highest BCUT2D eigenvalue weighted by molar-refractivity contribution is 5.78. The van der Waals surface area contributed by atoms with Crippen LogP contribution in [0.2, 0.25) is 0 Å². The maximum atomic E-state index is 12.2. The normalized spacial score (nSPS) is 21.9. The molecule has 2 heterocycles. The number of benzene rings is 1. The highest BCUT2D eigenvalue weighted by atomic mass is 16.6. The Hall–Kier alpha value is -2.28. The maximum Gasteiger partial charge on any atom is 0.410 e. The quantitative estimate of drug-likeness (QED) is 0.787. The molecule has 1 saturated carbocycles. The van der Waals surface area contributed by atoms with Gasteiger partial charge in [-0.25, -0.2) is 4.79 Å². The van der Waals surface area contributed by atoms with Gasteiger partial charge in [0.2, 0.25) is 5.91 Å². The van der Waals surface area contributed by atoms with Crippen molar-refractivity contribution in [1.29, 1.82) is 0 Å². The van der Waals surface area contributed by atoms with E-state index in [1.54, 1.807) is 4.90 Å². The Morgan fingerprint density at radius 3 is 2.67 bits per heavy atom. The Labute approximate surface area is 159 Å². The molecule has 1 aromatic rings. The van der Waals surface area contributed by atoms with Crippen molar-refractivity contribution in [3.63, 3.8) is 0 Å². The molecule has 146 valence electrons. The van der Waals surface area contributed by atoms with E-state index in [-0.39, 0.29) is 12.0 Å². The highest BCUT2D eigenvalue weighted by Crippen LogP contribution is 2.33. The van der Waals surface area contributed by atoms with Gasteiger partial charge >= 0.3 is 6.09 Å². The van der Waals surface area contributed by atoms with Crippen LogP contribution in [0.3, 0.4) is 0 Å². The SMILES string of the molecule is O=C(CN1CCC2(CC1)CN(CCOc1ccccc1)C(=O)O2)NC1CC1. The lowest BCUT2D eigenvalue weighted by atomic mass is 9.91. The van der Waals surface area contributed by atoms with Crippen molar-refractivity contribution in [2.75, 3.05) is 39.3 Å². The van der Waals surface area contributed by atoms with Crippen LogP contribution in [0.5, 0.6) is 5.75 Å². The maximum absolute atomic E-state index is 12.2. The van der Waals surface area contributed by atoms with Crippen molar-refractivity contribution in [3.8, 4) is 5.75 Å². The number of nitrogens with zero attached hydrogens (tertiary/aromatic N) is 2. The minimum absolute atomic E-state index is 0.108. The third-order valence-corrected chi connectivity index (χ3v) is 5.49. The molecule has 4 rings (SSSR count). The Morgan fingerprint density at radius 1 is 1.22 bits per heavy atom. The van der Waals surface area contributed by atoms with Crippen LogP contribution < -0.4 is 10.1 Å². The number of para-hydroxylation sites is 1. The number of piperidine rings is 1. The molecule has 3 fully saturated rings. The molecule has 7 nitrogen and oxygen atoms in total. The fraction of sp³-hybridized carbons (Fsp3) is 0.600. The molecule has 1 aliphatic carbocycles. The first kappa shape index (κ1) is 18.1. The third kappa shape index (κ3) is 4.71. The minimum atomic E-state index is -0.409. The molecular formula is C20H27N3O4. The lowest BCUT2D eigenvalue weighted by Crippen LogP contribution is -2.49. The van der Waals surface area contributed by atoms with E-state index in [1.807, 2.05) is 30.3 Å². The van der Waals surface area contributed by atoms with Crippen molar-refractivity contribution in [2.45, 2.75) is 37.3 Å². The summed E-state index contributed by atoms with van der Waals surface area (Å²) >= 11 is 0. The molecule has 1 spiro atoms. The molecule has 2 saturated heterocycles. The van der Waals surface area contributed by atoms with E-state index in [0.717, 1.165) is 44.5 Å². The van der Waals surface area contributed by atoms with Gasteiger partial charge in [-0.05, 0) is 25.0 Å². The average molecular weight is 373 g/mol. The molecule has 0 bridgehead atoms. The number of likely N-dealkylation sites (tertiary alicyclic amines) is 1. The second-order valence-corrected chi connectivity index (χ2v) is 7.75. The summed E-state index contributed by atoms with van der Waals surface area (Å²) < 4.78 is 11.4. The van der Waals surface area contributed by atoms with E-state index in [0.29, 0.717) is 32.3 Å². The van der Waals surface area contributed by atoms with Crippen LogP contribution in [0.4, 0.5) is 4.79 Å². The molecule has 27 heavy (non-hydrogen) atoms. The van der Waals surface area contributed by atoms with Crippen molar-refractivity contribution in [1.82, 2.24) is 15.1 Å². The molecule has 7 heteroatoms. The van der Waals surface area contributed by atoms with Gasteiger partial charge in [-0.1, -0.05) is 18.2 Å². The fourth-order valence-corrected chi connectivity index (χ4v) is 3.74. The number of nitrogens with one attached hydrogen (secondary N) is 1. The van der Waals surface area contributed by atoms with Crippen LogP contribution in [-0.2, 0) is 9.53 Å². The Bertz CT molecular complexity index is 669. The first-order chi connectivity index (χ1) is 13.1. The highest BCUT2D eigenvalue weighted by Gasteiger charge is 2.46. The molecule has 0 radical (unpaired) electrons. The van der Waals surface area contributed by atoms with Crippen molar-refractivity contribution >= 4 is 12.0 Å². The van der Waals surface area contributed by atoms with Gasteiger partial charge < -0.3 is 19.7 Å².